The van der Waals surface area contributed by atoms with Crippen LogP contribution in [0.3, 0.4) is 0 Å². The molecule has 0 spiro atoms. The smallest absolute Gasteiger partial charge is 0.254 e. The molecule has 1 amide bonds. The SMILES string of the molecule is Cc1cccc(C(=O)N(C)CC2COc3ccccc3O2)c1I. The number of hydrogen-bond donors (Lipinski definition) is 0. The van der Waals surface area contributed by atoms with Crippen LogP contribution in [0.15, 0.2) is 42.5 Å². The molecule has 5 heteroatoms. The van der Waals surface area contributed by atoms with Gasteiger partial charge in [-0.15, -0.1) is 0 Å². The number of amides is 1. The van der Waals surface area contributed by atoms with E-state index in [0.717, 1.165) is 26.2 Å². The molecule has 2 aromatic rings. The summed E-state index contributed by atoms with van der Waals surface area (Å²) >= 11 is 2.22. The highest BCUT2D eigenvalue weighted by Gasteiger charge is 2.25. The minimum absolute atomic E-state index is 0.000517. The van der Waals surface area contributed by atoms with E-state index in [4.69, 9.17) is 9.47 Å². The summed E-state index contributed by atoms with van der Waals surface area (Å²) in [6.07, 6.45) is -0.165. The van der Waals surface area contributed by atoms with Crippen molar-refractivity contribution < 1.29 is 14.3 Å². The number of fused-ring (bicyclic) bond motifs is 1. The summed E-state index contributed by atoms with van der Waals surface area (Å²) < 4.78 is 12.6. The second-order valence-corrected chi connectivity index (χ2v) is 6.70. The van der Waals surface area contributed by atoms with Crippen LogP contribution in [-0.2, 0) is 0 Å². The maximum atomic E-state index is 12.7. The van der Waals surface area contributed by atoms with Crippen LogP contribution in [0.5, 0.6) is 11.5 Å². The number of carbonyl (C=O) groups excluding carboxylic acids is 1. The Morgan fingerprint density at radius 3 is 2.74 bits per heavy atom. The summed E-state index contributed by atoms with van der Waals surface area (Å²) in [6.45, 7) is 2.93. The second kappa shape index (κ2) is 6.78. The molecule has 0 saturated carbocycles. The molecular weight excluding hydrogens is 405 g/mol. The van der Waals surface area contributed by atoms with Gasteiger partial charge in [0.15, 0.2) is 17.6 Å². The van der Waals surface area contributed by atoms with Gasteiger partial charge in [0.05, 0.1) is 12.1 Å². The third kappa shape index (κ3) is 3.44. The van der Waals surface area contributed by atoms with Gasteiger partial charge in [0.1, 0.15) is 6.61 Å². The minimum atomic E-state index is -0.165. The minimum Gasteiger partial charge on any atom is -0.486 e. The van der Waals surface area contributed by atoms with Crippen molar-refractivity contribution in [1.82, 2.24) is 4.90 Å². The first-order valence-corrected chi connectivity index (χ1v) is 8.53. The number of benzene rings is 2. The van der Waals surface area contributed by atoms with E-state index < -0.39 is 0 Å². The first kappa shape index (κ1) is 16.1. The lowest BCUT2D eigenvalue weighted by Crippen LogP contribution is -2.42. The van der Waals surface area contributed by atoms with Gasteiger partial charge in [-0.2, -0.15) is 0 Å². The topological polar surface area (TPSA) is 38.8 Å². The van der Waals surface area contributed by atoms with Gasteiger partial charge in [0.2, 0.25) is 0 Å². The summed E-state index contributed by atoms with van der Waals surface area (Å²) in [6, 6.07) is 13.4. The van der Waals surface area contributed by atoms with Crippen LogP contribution in [0.2, 0.25) is 0 Å². The quantitative estimate of drug-likeness (QED) is 0.710. The van der Waals surface area contributed by atoms with Crippen LogP contribution in [-0.4, -0.2) is 37.1 Å². The average molecular weight is 423 g/mol. The van der Waals surface area contributed by atoms with Crippen LogP contribution >= 0.6 is 22.6 Å². The molecule has 0 aromatic heterocycles. The van der Waals surface area contributed by atoms with Crippen molar-refractivity contribution in [2.45, 2.75) is 13.0 Å². The van der Waals surface area contributed by atoms with Gasteiger partial charge in [0, 0.05) is 10.6 Å². The summed E-state index contributed by atoms with van der Waals surface area (Å²) in [5.41, 5.74) is 1.83. The highest BCUT2D eigenvalue weighted by atomic mass is 127. The van der Waals surface area contributed by atoms with Crippen molar-refractivity contribution in [2.24, 2.45) is 0 Å². The van der Waals surface area contributed by atoms with Crippen molar-refractivity contribution in [2.75, 3.05) is 20.2 Å². The molecule has 2 aromatic carbocycles. The number of rotatable bonds is 3. The van der Waals surface area contributed by atoms with Crippen LogP contribution in [0.25, 0.3) is 0 Å². The predicted molar refractivity (Wildman–Crippen MR) is 97.2 cm³/mol. The van der Waals surface area contributed by atoms with E-state index in [-0.39, 0.29) is 12.0 Å². The van der Waals surface area contributed by atoms with Crippen molar-refractivity contribution >= 4 is 28.5 Å². The molecule has 4 nitrogen and oxygen atoms in total. The molecule has 0 fully saturated rings. The largest absolute Gasteiger partial charge is 0.486 e. The molecule has 23 heavy (non-hydrogen) atoms. The summed E-state index contributed by atoms with van der Waals surface area (Å²) in [5.74, 6) is 1.49. The van der Waals surface area contributed by atoms with Crippen LogP contribution in [0.1, 0.15) is 15.9 Å². The third-order valence-corrected chi connectivity index (χ3v) is 5.25. The molecule has 1 aliphatic heterocycles. The number of ether oxygens (including phenoxy) is 2. The Bertz CT molecular complexity index is 732. The Labute approximate surface area is 149 Å². The fourth-order valence-electron chi connectivity index (χ4n) is 2.56. The highest BCUT2D eigenvalue weighted by Crippen LogP contribution is 2.31. The van der Waals surface area contributed by atoms with Crippen molar-refractivity contribution in [3.8, 4) is 11.5 Å². The molecule has 1 aliphatic rings. The summed E-state index contributed by atoms with van der Waals surface area (Å²) in [5, 5.41) is 0. The highest BCUT2D eigenvalue weighted by molar-refractivity contribution is 14.1. The number of likely N-dealkylation sites (N-methyl/N-ethyl adjacent to an activating group) is 1. The van der Waals surface area contributed by atoms with E-state index in [1.54, 1.807) is 11.9 Å². The normalized spacial score (nSPS) is 16.0. The number of carbonyl (C=O) groups is 1. The molecular formula is C18H18INO3. The lowest BCUT2D eigenvalue weighted by molar-refractivity contribution is 0.0520. The number of aryl methyl sites for hydroxylation is 1. The van der Waals surface area contributed by atoms with Gasteiger partial charge in [-0.3, -0.25) is 4.79 Å². The van der Waals surface area contributed by atoms with E-state index >= 15 is 0 Å². The fraction of sp³-hybridized carbons (Fsp3) is 0.278. The van der Waals surface area contributed by atoms with Gasteiger partial charge < -0.3 is 14.4 Å². The standard InChI is InChI=1S/C18H18INO3/c1-12-6-5-7-14(17(12)19)18(21)20(2)10-13-11-22-15-8-3-4-9-16(15)23-13/h3-9,13H,10-11H2,1-2H3. The van der Waals surface area contributed by atoms with Crippen LogP contribution < -0.4 is 9.47 Å². The van der Waals surface area contributed by atoms with Gasteiger partial charge in [-0.1, -0.05) is 24.3 Å². The molecule has 1 heterocycles. The molecule has 120 valence electrons. The number of hydrogen-bond acceptors (Lipinski definition) is 3. The molecule has 3 rings (SSSR count). The van der Waals surface area contributed by atoms with E-state index in [9.17, 15) is 4.79 Å². The Morgan fingerprint density at radius 2 is 1.96 bits per heavy atom. The zero-order valence-electron chi connectivity index (χ0n) is 13.1. The lowest BCUT2D eigenvalue weighted by atomic mass is 10.1. The molecule has 0 saturated heterocycles. The van der Waals surface area contributed by atoms with E-state index in [2.05, 4.69) is 22.6 Å². The van der Waals surface area contributed by atoms with E-state index in [1.165, 1.54) is 0 Å². The second-order valence-electron chi connectivity index (χ2n) is 5.62. The lowest BCUT2D eigenvalue weighted by Gasteiger charge is -2.29. The Balaban J connectivity index is 1.69. The van der Waals surface area contributed by atoms with Crippen molar-refractivity contribution in [1.29, 1.82) is 0 Å². The van der Waals surface area contributed by atoms with Crippen LogP contribution in [0, 0.1) is 10.5 Å². The molecule has 1 atom stereocenters. The predicted octanol–water partition coefficient (Wildman–Crippen LogP) is 3.51. The Hall–Kier alpha value is -1.76. The monoisotopic (exact) mass is 423 g/mol. The Kier molecular flexibility index (Phi) is 4.75. The van der Waals surface area contributed by atoms with Gasteiger partial charge in [0.25, 0.3) is 5.91 Å². The number of halogens is 1. The third-order valence-electron chi connectivity index (χ3n) is 3.81. The first-order valence-electron chi connectivity index (χ1n) is 7.45. The zero-order chi connectivity index (χ0) is 16.4. The number of para-hydroxylation sites is 2. The maximum Gasteiger partial charge on any atom is 0.254 e. The first-order chi connectivity index (χ1) is 11.1. The van der Waals surface area contributed by atoms with E-state index in [1.807, 2.05) is 49.4 Å². The molecule has 0 bridgehead atoms. The number of nitrogens with zero attached hydrogens (tertiary/aromatic N) is 1. The maximum absolute atomic E-state index is 12.7. The molecule has 0 radical (unpaired) electrons. The fourth-order valence-corrected chi connectivity index (χ4v) is 3.15. The molecule has 0 N–H and O–H groups in total. The van der Waals surface area contributed by atoms with Gasteiger partial charge in [-0.05, 0) is 53.3 Å². The summed E-state index contributed by atoms with van der Waals surface area (Å²) in [7, 11) is 1.80. The zero-order valence-corrected chi connectivity index (χ0v) is 15.2. The summed E-state index contributed by atoms with van der Waals surface area (Å²) in [4.78, 5) is 14.4. The molecule has 0 aliphatic carbocycles. The average Bonchev–Trinajstić information content (AvgIpc) is 2.56. The van der Waals surface area contributed by atoms with Crippen LogP contribution in [0.4, 0.5) is 0 Å². The van der Waals surface area contributed by atoms with E-state index in [0.29, 0.717) is 13.2 Å². The van der Waals surface area contributed by atoms with Crippen molar-refractivity contribution in [3.63, 3.8) is 0 Å². The van der Waals surface area contributed by atoms with Gasteiger partial charge >= 0.3 is 0 Å². The Morgan fingerprint density at radius 1 is 1.22 bits per heavy atom. The molecule has 1 unspecified atom stereocenters. The van der Waals surface area contributed by atoms with Gasteiger partial charge in [-0.25, -0.2) is 0 Å². The van der Waals surface area contributed by atoms with Crippen molar-refractivity contribution in [3.05, 3.63) is 57.2 Å².